The van der Waals surface area contributed by atoms with Crippen molar-refractivity contribution in [2.75, 3.05) is 6.61 Å². The van der Waals surface area contributed by atoms with Crippen molar-refractivity contribution in [3.8, 4) is 23.0 Å². The lowest BCUT2D eigenvalue weighted by Crippen LogP contribution is -2.52. The number of hydrogen-bond acceptors (Lipinski definition) is 12. The number of Topliss-reactive ketones (excluding diaryl/α,β-unsaturated/α-hetero) is 1. The number of aromatic hydroxyl groups is 4. The summed E-state index contributed by atoms with van der Waals surface area (Å²) in [7, 11) is 0. The molecule has 4 atom stereocenters. The summed E-state index contributed by atoms with van der Waals surface area (Å²) >= 11 is 0. The minimum absolute atomic E-state index is 0.322. The molecule has 1 aliphatic carbocycles. The molecule has 13 nitrogen and oxygen atoms in total. The molecule has 2 aromatic rings. The van der Waals surface area contributed by atoms with Crippen molar-refractivity contribution in [3.63, 3.8) is 0 Å². The van der Waals surface area contributed by atoms with Crippen LogP contribution in [0.1, 0.15) is 59.4 Å². The number of phenols is 4. The SMILES string of the molecule is Cc1c(C(=O)O)c(O)cc2c1C(=O)c1c(O)c([C@@H]3O[C@H](CO)[C@@H](O)C(=O)[C@H]3O)c(O)c(O)c1C2=O. The van der Waals surface area contributed by atoms with Gasteiger partial charge in [-0.1, -0.05) is 0 Å². The fourth-order valence-corrected chi connectivity index (χ4v) is 4.46. The molecule has 8 N–H and O–H groups in total. The Bertz CT molecular complexity index is 1340. The number of carbonyl (C=O) groups is 4. The highest BCUT2D eigenvalue weighted by Gasteiger charge is 2.48. The van der Waals surface area contributed by atoms with Crippen LogP contribution in [-0.2, 0) is 9.53 Å². The van der Waals surface area contributed by atoms with Gasteiger partial charge in [0.2, 0.25) is 0 Å². The highest BCUT2D eigenvalue weighted by molar-refractivity contribution is 6.31. The number of rotatable bonds is 3. The molecular formula is C22H18O13. The van der Waals surface area contributed by atoms with E-state index in [9.17, 15) is 60.0 Å². The summed E-state index contributed by atoms with van der Waals surface area (Å²) in [6.45, 7) is 0.219. The summed E-state index contributed by atoms with van der Waals surface area (Å²) < 4.78 is 5.24. The van der Waals surface area contributed by atoms with Gasteiger partial charge in [0.15, 0.2) is 28.8 Å². The Labute approximate surface area is 194 Å². The number of carbonyl (C=O) groups excluding carboxylic acids is 3. The summed E-state index contributed by atoms with van der Waals surface area (Å²) in [5.74, 6) is -9.66. The van der Waals surface area contributed by atoms with Crippen molar-refractivity contribution < 1.29 is 64.8 Å². The van der Waals surface area contributed by atoms with Gasteiger partial charge in [-0.15, -0.1) is 0 Å². The molecule has 184 valence electrons. The van der Waals surface area contributed by atoms with E-state index in [0.29, 0.717) is 6.07 Å². The molecule has 1 fully saturated rings. The summed E-state index contributed by atoms with van der Waals surface area (Å²) in [5, 5.41) is 81.0. The zero-order valence-electron chi connectivity index (χ0n) is 17.7. The molecule has 1 aliphatic heterocycles. The van der Waals surface area contributed by atoms with Crippen LogP contribution in [0.5, 0.6) is 23.0 Å². The zero-order chi connectivity index (χ0) is 26.1. The Balaban J connectivity index is 2.00. The number of carboxylic acids is 1. The van der Waals surface area contributed by atoms with Crippen LogP contribution in [0, 0.1) is 6.92 Å². The van der Waals surface area contributed by atoms with Crippen LogP contribution in [0.25, 0.3) is 0 Å². The van der Waals surface area contributed by atoms with E-state index in [1.165, 1.54) is 0 Å². The molecule has 35 heavy (non-hydrogen) atoms. The van der Waals surface area contributed by atoms with Crippen molar-refractivity contribution in [1.82, 2.24) is 0 Å². The largest absolute Gasteiger partial charge is 0.507 e. The smallest absolute Gasteiger partial charge is 0.339 e. The standard InChI is InChI=1S/C22H18O13/c1-4-8-5(2-6(24)9(4)22(33)34)13(25)10-11(15(8)27)16(28)12(18(30)17(10)29)21-20(32)19(31)14(26)7(3-23)35-21/h2,7,14,20-21,23-24,26,28-30,32H,3H2,1H3,(H,33,34)/t7-,14-,20-,21+/m1/s1. The Morgan fingerprint density at radius 3 is 2.09 bits per heavy atom. The van der Waals surface area contributed by atoms with Gasteiger partial charge < -0.3 is 45.6 Å². The first-order valence-electron chi connectivity index (χ1n) is 10.0. The number of hydrogen-bond donors (Lipinski definition) is 8. The van der Waals surface area contributed by atoms with E-state index >= 15 is 0 Å². The monoisotopic (exact) mass is 490 g/mol. The highest BCUT2D eigenvalue weighted by atomic mass is 16.5. The fraction of sp³-hybridized carbons (Fsp3) is 0.273. The summed E-state index contributed by atoms with van der Waals surface area (Å²) in [4.78, 5) is 50.2. The Morgan fingerprint density at radius 1 is 0.914 bits per heavy atom. The predicted molar refractivity (Wildman–Crippen MR) is 110 cm³/mol. The zero-order valence-corrected chi connectivity index (χ0v) is 17.7. The average Bonchev–Trinajstić information content (AvgIpc) is 2.79. The van der Waals surface area contributed by atoms with Crippen molar-refractivity contribution in [2.45, 2.75) is 31.3 Å². The van der Waals surface area contributed by atoms with Crippen LogP contribution in [0.3, 0.4) is 0 Å². The second-order valence-corrected chi connectivity index (χ2v) is 8.06. The van der Waals surface area contributed by atoms with Crippen molar-refractivity contribution in [3.05, 3.63) is 45.0 Å². The van der Waals surface area contributed by atoms with Gasteiger partial charge in [-0.3, -0.25) is 14.4 Å². The van der Waals surface area contributed by atoms with E-state index in [1.807, 2.05) is 0 Å². The molecule has 0 amide bonds. The van der Waals surface area contributed by atoms with Gasteiger partial charge in [-0.05, 0) is 18.6 Å². The van der Waals surface area contributed by atoms with E-state index < -0.39 is 111 Å². The Hall–Kier alpha value is -4.04. The second-order valence-electron chi connectivity index (χ2n) is 8.06. The first-order chi connectivity index (χ1) is 16.3. The molecule has 2 aliphatic rings. The maximum atomic E-state index is 13.4. The van der Waals surface area contributed by atoms with Gasteiger partial charge in [0.1, 0.15) is 41.5 Å². The van der Waals surface area contributed by atoms with E-state index in [2.05, 4.69) is 0 Å². The normalized spacial score (nSPS) is 23.7. The molecule has 0 unspecified atom stereocenters. The molecule has 0 radical (unpaired) electrons. The lowest BCUT2D eigenvalue weighted by Gasteiger charge is -2.36. The molecular weight excluding hydrogens is 472 g/mol. The minimum Gasteiger partial charge on any atom is -0.507 e. The van der Waals surface area contributed by atoms with Crippen molar-refractivity contribution >= 4 is 23.3 Å². The second kappa shape index (κ2) is 8.02. The number of aliphatic hydroxyl groups is 3. The Kier molecular flexibility index (Phi) is 5.52. The molecule has 13 heteroatoms. The van der Waals surface area contributed by atoms with Crippen molar-refractivity contribution in [2.24, 2.45) is 0 Å². The number of ether oxygens (including phenoxy) is 1. The van der Waals surface area contributed by atoms with E-state index in [0.717, 1.165) is 6.92 Å². The number of benzene rings is 2. The molecule has 2 aromatic carbocycles. The highest BCUT2D eigenvalue weighted by Crippen LogP contribution is 2.51. The lowest BCUT2D eigenvalue weighted by molar-refractivity contribution is -0.189. The van der Waals surface area contributed by atoms with E-state index in [4.69, 9.17) is 4.74 Å². The number of phenolic OH excluding ortho intramolecular Hbond substituents is 3. The van der Waals surface area contributed by atoms with Gasteiger partial charge in [0.25, 0.3) is 0 Å². The van der Waals surface area contributed by atoms with Crippen LogP contribution in [0.15, 0.2) is 6.07 Å². The maximum Gasteiger partial charge on any atom is 0.339 e. The molecule has 0 bridgehead atoms. The topological polar surface area (TPSA) is 239 Å². The summed E-state index contributed by atoms with van der Waals surface area (Å²) in [6.07, 6.45) is -7.77. The third-order valence-corrected chi connectivity index (χ3v) is 6.16. The van der Waals surface area contributed by atoms with Crippen LogP contribution >= 0.6 is 0 Å². The number of fused-ring (bicyclic) bond motifs is 2. The average molecular weight is 490 g/mol. The Morgan fingerprint density at radius 2 is 1.51 bits per heavy atom. The lowest BCUT2D eigenvalue weighted by atomic mass is 9.77. The number of aliphatic hydroxyl groups excluding tert-OH is 3. The van der Waals surface area contributed by atoms with Gasteiger partial charge in [-0.2, -0.15) is 0 Å². The number of ketones is 3. The fourth-order valence-electron chi connectivity index (χ4n) is 4.46. The molecule has 0 spiro atoms. The number of carboxylic acid groups (broad SMARTS) is 1. The first kappa shape index (κ1) is 24.1. The van der Waals surface area contributed by atoms with Crippen LogP contribution < -0.4 is 0 Å². The number of aromatic carboxylic acids is 1. The molecule has 1 heterocycles. The van der Waals surface area contributed by atoms with Crippen LogP contribution in [0.4, 0.5) is 0 Å². The molecule has 0 saturated carbocycles. The third kappa shape index (κ3) is 3.17. The van der Waals surface area contributed by atoms with Crippen molar-refractivity contribution in [1.29, 1.82) is 0 Å². The summed E-state index contributed by atoms with van der Waals surface area (Å²) in [5.41, 5.74) is -4.66. The van der Waals surface area contributed by atoms with Crippen LogP contribution in [-0.4, -0.2) is 89.1 Å². The van der Waals surface area contributed by atoms with Gasteiger partial charge in [0.05, 0.1) is 23.3 Å². The first-order valence-corrected chi connectivity index (χ1v) is 10.0. The predicted octanol–water partition coefficient (Wildman–Crippen LogP) is -0.986. The quantitative estimate of drug-likeness (QED) is 0.163. The molecule has 4 rings (SSSR count). The van der Waals surface area contributed by atoms with Gasteiger partial charge in [-0.25, -0.2) is 4.79 Å². The molecule has 1 saturated heterocycles. The van der Waals surface area contributed by atoms with Gasteiger partial charge in [0, 0.05) is 11.1 Å². The van der Waals surface area contributed by atoms with E-state index in [1.54, 1.807) is 0 Å². The maximum absolute atomic E-state index is 13.4. The van der Waals surface area contributed by atoms with E-state index in [-0.39, 0.29) is 5.56 Å². The minimum atomic E-state index is -2.22. The summed E-state index contributed by atoms with van der Waals surface area (Å²) in [6, 6.07) is 0.705. The molecule has 0 aromatic heterocycles. The van der Waals surface area contributed by atoms with Gasteiger partial charge >= 0.3 is 5.97 Å². The third-order valence-electron chi connectivity index (χ3n) is 6.16. The van der Waals surface area contributed by atoms with Crippen LogP contribution in [0.2, 0.25) is 0 Å².